The van der Waals surface area contributed by atoms with Gasteiger partial charge in [-0.2, -0.15) is 0 Å². The number of amides is 3. The minimum atomic E-state index is -0.324. The highest BCUT2D eigenvalue weighted by molar-refractivity contribution is 6.12. The summed E-state index contributed by atoms with van der Waals surface area (Å²) in [6.07, 6.45) is 4.59. The van der Waals surface area contributed by atoms with Gasteiger partial charge >= 0.3 is 0 Å². The van der Waals surface area contributed by atoms with Gasteiger partial charge in [0.15, 0.2) is 0 Å². The lowest BCUT2D eigenvalue weighted by Gasteiger charge is -2.18. The number of rotatable bonds is 7. The molecule has 98 valence electrons. The van der Waals surface area contributed by atoms with Gasteiger partial charge < -0.3 is 10.6 Å². The SMILES string of the molecule is C=CN(CCN)C(=O)CCCN1C(=O)C=CC1=O. The molecule has 0 radical (unpaired) electrons. The molecule has 6 nitrogen and oxygen atoms in total. The van der Waals surface area contributed by atoms with Gasteiger partial charge in [-0.3, -0.25) is 19.3 Å². The molecule has 0 spiro atoms. The maximum absolute atomic E-state index is 11.7. The number of carbonyl (C=O) groups excluding carboxylic acids is 3. The maximum Gasteiger partial charge on any atom is 0.253 e. The molecule has 1 rings (SSSR count). The molecule has 0 unspecified atom stereocenters. The number of imide groups is 1. The van der Waals surface area contributed by atoms with Gasteiger partial charge in [0.25, 0.3) is 11.8 Å². The lowest BCUT2D eigenvalue weighted by Crippen LogP contribution is -2.33. The Hall–Kier alpha value is -1.95. The third-order valence-electron chi connectivity index (χ3n) is 2.58. The van der Waals surface area contributed by atoms with Crippen LogP contribution in [0.15, 0.2) is 24.9 Å². The van der Waals surface area contributed by atoms with Crippen LogP contribution in [0, 0.1) is 0 Å². The summed E-state index contributed by atoms with van der Waals surface area (Å²) < 4.78 is 0. The van der Waals surface area contributed by atoms with Crippen LogP contribution in [0.4, 0.5) is 0 Å². The first kappa shape index (κ1) is 14.1. The Morgan fingerprint density at radius 3 is 2.50 bits per heavy atom. The normalized spacial score (nSPS) is 14.2. The zero-order valence-corrected chi connectivity index (χ0v) is 10.2. The Morgan fingerprint density at radius 1 is 1.39 bits per heavy atom. The Morgan fingerprint density at radius 2 is 2.00 bits per heavy atom. The van der Waals surface area contributed by atoms with E-state index in [2.05, 4.69) is 6.58 Å². The van der Waals surface area contributed by atoms with Crippen molar-refractivity contribution in [1.82, 2.24) is 9.80 Å². The van der Waals surface area contributed by atoms with Crippen molar-refractivity contribution in [3.05, 3.63) is 24.9 Å². The Bertz CT molecular complexity index is 372. The van der Waals surface area contributed by atoms with Crippen LogP contribution in [0.5, 0.6) is 0 Å². The minimum absolute atomic E-state index is 0.109. The first-order chi connectivity index (χ1) is 8.60. The van der Waals surface area contributed by atoms with E-state index in [1.165, 1.54) is 23.3 Å². The maximum atomic E-state index is 11.7. The molecule has 0 atom stereocenters. The van der Waals surface area contributed by atoms with E-state index in [-0.39, 0.29) is 30.7 Å². The average molecular weight is 251 g/mol. The molecule has 0 aromatic heterocycles. The standard InChI is InChI=1S/C12H17N3O3/c1-2-14(9-7-13)10(16)4-3-8-15-11(17)5-6-12(15)18/h2,5-6H,1,3-4,7-9,13H2. The van der Waals surface area contributed by atoms with Crippen molar-refractivity contribution in [3.63, 3.8) is 0 Å². The van der Waals surface area contributed by atoms with E-state index in [1.54, 1.807) is 0 Å². The molecule has 3 amide bonds. The summed E-state index contributed by atoms with van der Waals surface area (Å²) in [6, 6.07) is 0. The lowest BCUT2D eigenvalue weighted by molar-refractivity contribution is -0.137. The molecule has 6 heteroatoms. The molecule has 0 aliphatic carbocycles. The van der Waals surface area contributed by atoms with Crippen LogP contribution in [0.25, 0.3) is 0 Å². The van der Waals surface area contributed by atoms with Gasteiger partial charge in [0.1, 0.15) is 0 Å². The van der Waals surface area contributed by atoms with Crippen molar-refractivity contribution in [2.24, 2.45) is 5.73 Å². The van der Waals surface area contributed by atoms with E-state index >= 15 is 0 Å². The molecule has 0 aromatic carbocycles. The first-order valence-corrected chi connectivity index (χ1v) is 5.75. The van der Waals surface area contributed by atoms with Crippen molar-refractivity contribution < 1.29 is 14.4 Å². The highest BCUT2D eigenvalue weighted by Crippen LogP contribution is 2.06. The van der Waals surface area contributed by atoms with Crippen LogP contribution >= 0.6 is 0 Å². The molecule has 1 aliphatic rings. The van der Waals surface area contributed by atoms with Gasteiger partial charge in [0.05, 0.1) is 0 Å². The van der Waals surface area contributed by atoms with Crippen LogP contribution in [-0.2, 0) is 14.4 Å². The summed E-state index contributed by atoms with van der Waals surface area (Å²) in [4.78, 5) is 36.7. The predicted octanol–water partition coefficient (Wildman–Crippen LogP) is -0.378. The number of nitrogens with two attached hydrogens (primary N) is 1. The van der Waals surface area contributed by atoms with Crippen molar-refractivity contribution in [3.8, 4) is 0 Å². The molecule has 18 heavy (non-hydrogen) atoms. The van der Waals surface area contributed by atoms with Crippen LogP contribution in [-0.4, -0.2) is 47.2 Å². The van der Waals surface area contributed by atoms with Gasteiger partial charge in [0, 0.05) is 38.2 Å². The topological polar surface area (TPSA) is 83.7 Å². The summed E-state index contributed by atoms with van der Waals surface area (Å²) >= 11 is 0. The summed E-state index contributed by atoms with van der Waals surface area (Å²) in [5, 5.41) is 0. The number of carbonyl (C=O) groups is 3. The molecule has 1 heterocycles. The van der Waals surface area contributed by atoms with Gasteiger partial charge in [-0.15, -0.1) is 0 Å². The minimum Gasteiger partial charge on any atom is -0.329 e. The monoisotopic (exact) mass is 251 g/mol. The van der Waals surface area contributed by atoms with Gasteiger partial charge in [-0.25, -0.2) is 0 Å². The van der Waals surface area contributed by atoms with Crippen molar-refractivity contribution in [2.45, 2.75) is 12.8 Å². The fourth-order valence-electron chi connectivity index (χ4n) is 1.64. The van der Waals surface area contributed by atoms with Crippen LogP contribution < -0.4 is 5.73 Å². The number of hydrogen-bond donors (Lipinski definition) is 1. The Labute approximate surface area is 106 Å². The van der Waals surface area contributed by atoms with Gasteiger partial charge in [0.2, 0.25) is 5.91 Å². The molecular formula is C12H17N3O3. The van der Waals surface area contributed by atoms with E-state index in [9.17, 15) is 14.4 Å². The molecule has 0 fully saturated rings. The number of hydrogen-bond acceptors (Lipinski definition) is 4. The smallest absolute Gasteiger partial charge is 0.253 e. The van der Waals surface area contributed by atoms with E-state index < -0.39 is 0 Å². The van der Waals surface area contributed by atoms with E-state index in [0.29, 0.717) is 19.5 Å². The fraction of sp³-hybridized carbons (Fsp3) is 0.417. The zero-order chi connectivity index (χ0) is 13.5. The second kappa shape index (κ2) is 6.70. The third-order valence-corrected chi connectivity index (χ3v) is 2.58. The highest BCUT2D eigenvalue weighted by atomic mass is 16.2. The Kier molecular flexibility index (Phi) is 5.26. The molecule has 2 N–H and O–H groups in total. The van der Waals surface area contributed by atoms with Crippen molar-refractivity contribution in [2.75, 3.05) is 19.6 Å². The summed E-state index contributed by atoms with van der Waals surface area (Å²) in [6.45, 7) is 4.57. The summed E-state index contributed by atoms with van der Waals surface area (Å²) in [5.41, 5.74) is 5.36. The van der Waals surface area contributed by atoms with Crippen molar-refractivity contribution >= 4 is 17.7 Å². The summed E-state index contributed by atoms with van der Waals surface area (Å²) in [5.74, 6) is -0.757. The fourth-order valence-corrected chi connectivity index (χ4v) is 1.64. The highest BCUT2D eigenvalue weighted by Gasteiger charge is 2.22. The molecule has 1 aliphatic heterocycles. The second-order valence-electron chi connectivity index (χ2n) is 3.82. The van der Waals surface area contributed by atoms with Crippen LogP contribution in [0.1, 0.15) is 12.8 Å². The van der Waals surface area contributed by atoms with E-state index in [1.807, 2.05) is 0 Å². The van der Waals surface area contributed by atoms with Gasteiger partial charge in [-0.1, -0.05) is 6.58 Å². The zero-order valence-electron chi connectivity index (χ0n) is 10.2. The lowest BCUT2D eigenvalue weighted by atomic mass is 10.2. The third kappa shape index (κ3) is 3.53. The molecule has 0 aromatic rings. The molecule has 0 saturated heterocycles. The molecule has 0 bridgehead atoms. The summed E-state index contributed by atoms with van der Waals surface area (Å²) in [7, 11) is 0. The van der Waals surface area contributed by atoms with E-state index in [0.717, 1.165) is 4.90 Å². The average Bonchev–Trinajstić information content (AvgIpc) is 2.67. The first-order valence-electron chi connectivity index (χ1n) is 5.75. The van der Waals surface area contributed by atoms with Crippen molar-refractivity contribution in [1.29, 1.82) is 0 Å². The molecular weight excluding hydrogens is 234 g/mol. The van der Waals surface area contributed by atoms with E-state index in [4.69, 9.17) is 5.73 Å². The predicted molar refractivity (Wildman–Crippen MR) is 66.1 cm³/mol. The molecule has 0 saturated carbocycles. The Balaban J connectivity index is 2.33. The van der Waals surface area contributed by atoms with Crippen LogP contribution in [0.2, 0.25) is 0 Å². The number of nitrogens with zero attached hydrogens (tertiary/aromatic N) is 2. The van der Waals surface area contributed by atoms with Crippen LogP contribution in [0.3, 0.4) is 0 Å². The quantitative estimate of drug-likeness (QED) is 0.625. The largest absolute Gasteiger partial charge is 0.329 e. The second-order valence-corrected chi connectivity index (χ2v) is 3.82. The van der Waals surface area contributed by atoms with Gasteiger partial charge in [-0.05, 0) is 12.6 Å².